The van der Waals surface area contributed by atoms with Crippen LogP contribution in [0.4, 0.5) is 23.4 Å². The number of alkyl halides is 5. The third kappa shape index (κ3) is 6.02. The highest BCUT2D eigenvalue weighted by Crippen LogP contribution is 2.16. The fourth-order valence-corrected chi connectivity index (χ4v) is 1.69. The Hall–Kier alpha value is -1.88. The van der Waals surface area contributed by atoms with Crippen LogP contribution in [0, 0.1) is 0 Å². The van der Waals surface area contributed by atoms with Crippen molar-refractivity contribution < 1.29 is 32.3 Å². The van der Waals surface area contributed by atoms with Gasteiger partial charge in [0.25, 0.3) is 11.5 Å². The van der Waals surface area contributed by atoms with Crippen molar-refractivity contribution in [2.75, 3.05) is 18.9 Å². The minimum atomic E-state index is -5.08. The van der Waals surface area contributed by atoms with E-state index in [1.54, 1.807) is 10.7 Å². The Morgan fingerprint density at radius 2 is 2.00 bits per heavy atom. The molecule has 1 aliphatic heterocycles. The van der Waals surface area contributed by atoms with Gasteiger partial charge >= 0.3 is 12.1 Å². The number of carboxylic acids is 1. The van der Waals surface area contributed by atoms with E-state index in [0.29, 0.717) is 5.82 Å². The summed E-state index contributed by atoms with van der Waals surface area (Å²) in [5, 5.41) is 13.6. The lowest BCUT2D eigenvalue weighted by Crippen LogP contribution is -2.30. The molecule has 0 aromatic carbocycles. The number of hydrogen-bond acceptors (Lipinski definition) is 4. The first-order valence-corrected chi connectivity index (χ1v) is 6.58. The SMILES string of the molecule is CN1CCn2nc(NC(=O)C(F)Cl)cc2C1.O=C(O)C(F)(F)F. The van der Waals surface area contributed by atoms with E-state index in [4.69, 9.17) is 21.5 Å². The van der Waals surface area contributed by atoms with Gasteiger partial charge in [-0.2, -0.15) is 18.3 Å². The molecule has 1 amide bonds. The summed E-state index contributed by atoms with van der Waals surface area (Å²) >= 11 is 5.01. The molecule has 130 valence electrons. The standard InChI is InChI=1S/C9H12ClFN4O.C2HF3O2/c1-14-2-3-15-6(5-14)4-7(13-15)12-9(16)8(10)11;3-2(4,5)1(6)7/h4,8H,2-3,5H2,1H3,(H,12,13,16);(H,6,7). The Balaban J connectivity index is 0.000000322. The van der Waals surface area contributed by atoms with E-state index in [1.165, 1.54) is 0 Å². The first-order chi connectivity index (χ1) is 10.5. The maximum absolute atomic E-state index is 12.4. The molecule has 7 nitrogen and oxygen atoms in total. The Labute approximate surface area is 132 Å². The number of anilines is 1. The maximum atomic E-state index is 12.4. The molecule has 2 heterocycles. The summed E-state index contributed by atoms with van der Waals surface area (Å²) in [6, 6.07) is 1.73. The van der Waals surface area contributed by atoms with Crippen molar-refractivity contribution in [2.24, 2.45) is 0 Å². The highest BCUT2D eigenvalue weighted by Gasteiger charge is 2.38. The largest absolute Gasteiger partial charge is 0.490 e. The van der Waals surface area contributed by atoms with E-state index < -0.39 is 23.7 Å². The van der Waals surface area contributed by atoms with Gasteiger partial charge in [-0.25, -0.2) is 9.18 Å². The molecule has 12 heteroatoms. The van der Waals surface area contributed by atoms with Crippen LogP contribution in [0.1, 0.15) is 5.69 Å². The predicted octanol–water partition coefficient (Wildman–Crippen LogP) is 1.43. The first kappa shape index (κ1) is 19.2. The van der Waals surface area contributed by atoms with Gasteiger partial charge in [0.15, 0.2) is 5.82 Å². The lowest BCUT2D eigenvalue weighted by Gasteiger charge is -2.22. The number of hydrogen-bond donors (Lipinski definition) is 2. The van der Waals surface area contributed by atoms with Gasteiger partial charge in [0.2, 0.25) is 0 Å². The molecule has 0 bridgehead atoms. The molecule has 1 atom stereocenters. The van der Waals surface area contributed by atoms with Crippen LogP contribution < -0.4 is 5.32 Å². The van der Waals surface area contributed by atoms with Crippen LogP contribution in [-0.2, 0) is 22.7 Å². The zero-order valence-corrected chi connectivity index (χ0v) is 12.5. The Morgan fingerprint density at radius 1 is 1.43 bits per heavy atom. The molecule has 0 saturated carbocycles. The van der Waals surface area contributed by atoms with Crippen LogP contribution in [0.5, 0.6) is 0 Å². The van der Waals surface area contributed by atoms with Gasteiger partial charge in [-0.3, -0.25) is 14.4 Å². The molecule has 0 radical (unpaired) electrons. The number of aliphatic carboxylic acids is 1. The molecule has 1 unspecified atom stereocenters. The third-order valence-corrected chi connectivity index (χ3v) is 2.88. The summed E-state index contributed by atoms with van der Waals surface area (Å²) in [4.78, 5) is 22.0. The molecule has 1 aliphatic rings. The molecule has 0 aliphatic carbocycles. The van der Waals surface area contributed by atoms with Crippen LogP contribution >= 0.6 is 11.6 Å². The smallest absolute Gasteiger partial charge is 0.475 e. The van der Waals surface area contributed by atoms with E-state index in [0.717, 1.165) is 25.3 Å². The highest BCUT2D eigenvalue weighted by atomic mass is 35.5. The molecule has 0 fully saturated rings. The lowest BCUT2D eigenvalue weighted by atomic mass is 10.3. The van der Waals surface area contributed by atoms with Gasteiger partial charge in [0, 0.05) is 19.2 Å². The highest BCUT2D eigenvalue weighted by molar-refractivity contribution is 6.31. The molecule has 1 aromatic rings. The summed E-state index contributed by atoms with van der Waals surface area (Å²) < 4.78 is 46.0. The predicted molar refractivity (Wildman–Crippen MR) is 71.6 cm³/mol. The molecule has 2 rings (SSSR count). The Bertz CT molecular complexity index is 576. The molecular weight excluding hydrogens is 348 g/mol. The quantitative estimate of drug-likeness (QED) is 0.615. The van der Waals surface area contributed by atoms with E-state index in [2.05, 4.69) is 15.3 Å². The van der Waals surface area contributed by atoms with Crippen LogP contribution in [0.3, 0.4) is 0 Å². The van der Waals surface area contributed by atoms with Crippen molar-refractivity contribution >= 4 is 29.3 Å². The molecule has 1 aromatic heterocycles. The van der Waals surface area contributed by atoms with Crippen molar-refractivity contribution in [1.82, 2.24) is 14.7 Å². The van der Waals surface area contributed by atoms with Crippen molar-refractivity contribution in [1.29, 1.82) is 0 Å². The van der Waals surface area contributed by atoms with Crippen LogP contribution in [0.25, 0.3) is 0 Å². The fourth-order valence-electron chi connectivity index (χ4n) is 1.64. The zero-order chi connectivity index (χ0) is 17.8. The monoisotopic (exact) mass is 360 g/mol. The normalized spacial score (nSPS) is 15.9. The summed E-state index contributed by atoms with van der Waals surface area (Å²) in [6.45, 7) is 2.44. The van der Waals surface area contributed by atoms with E-state index in [9.17, 15) is 22.4 Å². The van der Waals surface area contributed by atoms with Crippen molar-refractivity contribution in [3.8, 4) is 0 Å². The van der Waals surface area contributed by atoms with Gasteiger partial charge in [-0.15, -0.1) is 0 Å². The van der Waals surface area contributed by atoms with E-state index in [1.807, 2.05) is 7.05 Å². The number of carbonyl (C=O) groups excluding carboxylic acids is 1. The van der Waals surface area contributed by atoms with Crippen LogP contribution in [-0.4, -0.2) is 57.1 Å². The number of halogens is 5. The topological polar surface area (TPSA) is 87.5 Å². The second-order valence-corrected chi connectivity index (χ2v) is 4.96. The van der Waals surface area contributed by atoms with E-state index in [-0.39, 0.29) is 0 Å². The second-order valence-electron chi connectivity index (χ2n) is 4.57. The summed E-state index contributed by atoms with van der Waals surface area (Å²) in [7, 11) is 2.01. The van der Waals surface area contributed by atoms with Crippen molar-refractivity contribution in [3.63, 3.8) is 0 Å². The maximum Gasteiger partial charge on any atom is 0.490 e. The molecular formula is C11H13ClF4N4O3. The summed E-state index contributed by atoms with van der Waals surface area (Å²) in [5.41, 5.74) is -1.05. The second kappa shape index (κ2) is 7.59. The summed E-state index contributed by atoms with van der Waals surface area (Å²) in [6.07, 6.45) is -5.08. The molecule has 0 saturated heterocycles. The Kier molecular flexibility index (Phi) is 6.33. The minimum absolute atomic E-state index is 0.346. The van der Waals surface area contributed by atoms with Crippen molar-refractivity contribution in [3.05, 3.63) is 11.8 Å². The number of nitrogens with one attached hydrogen (secondary N) is 1. The number of rotatable bonds is 2. The number of aromatic nitrogens is 2. The van der Waals surface area contributed by atoms with Crippen molar-refractivity contribution in [2.45, 2.75) is 24.9 Å². The first-order valence-electron chi connectivity index (χ1n) is 6.15. The summed E-state index contributed by atoms with van der Waals surface area (Å²) in [5.74, 6) is -3.29. The lowest BCUT2D eigenvalue weighted by molar-refractivity contribution is -0.192. The van der Waals surface area contributed by atoms with Gasteiger partial charge in [0.05, 0.1) is 12.2 Å². The van der Waals surface area contributed by atoms with Gasteiger partial charge in [-0.05, 0) is 7.05 Å². The zero-order valence-electron chi connectivity index (χ0n) is 11.8. The average Bonchev–Trinajstić information content (AvgIpc) is 2.79. The van der Waals surface area contributed by atoms with E-state index >= 15 is 0 Å². The van der Waals surface area contributed by atoms with Crippen LogP contribution in [0.2, 0.25) is 0 Å². The minimum Gasteiger partial charge on any atom is -0.475 e. The number of carboxylic acid groups (broad SMARTS) is 1. The Morgan fingerprint density at radius 3 is 2.48 bits per heavy atom. The van der Waals surface area contributed by atoms with Gasteiger partial charge in [-0.1, -0.05) is 11.6 Å². The molecule has 0 spiro atoms. The molecule has 23 heavy (non-hydrogen) atoms. The fraction of sp³-hybridized carbons (Fsp3) is 0.545. The number of nitrogens with zero attached hydrogens (tertiary/aromatic N) is 3. The van der Waals surface area contributed by atoms with Crippen LogP contribution in [0.15, 0.2) is 6.07 Å². The number of fused-ring (bicyclic) bond motifs is 1. The number of likely N-dealkylation sites (N-methyl/N-ethyl adjacent to an activating group) is 1. The van der Waals surface area contributed by atoms with Gasteiger partial charge in [0.1, 0.15) is 0 Å². The number of carbonyl (C=O) groups is 2. The molecule has 2 N–H and O–H groups in total. The third-order valence-electron chi connectivity index (χ3n) is 2.68. The number of amides is 1. The van der Waals surface area contributed by atoms with Gasteiger partial charge < -0.3 is 10.4 Å². The average molecular weight is 361 g/mol.